The Bertz CT molecular complexity index is 724. The van der Waals surface area contributed by atoms with E-state index in [9.17, 15) is 4.79 Å². The molecular weight excluding hydrogens is 344 g/mol. The molecule has 130 valence electrons. The number of carbonyl (C=O) groups excluding carboxylic acids is 1. The Morgan fingerprint density at radius 3 is 2.83 bits per heavy atom. The first-order chi connectivity index (χ1) is 11.5. The molecule has 1 aliphatic rings. The monoisotopic (exact) mass is 366 g/mol. The van der Waals surface area contributed by atoms with Gasteiger partial charge in [0.1, 0.15) is 11.4 Å². The van der Waals surface area contributed by atoms with Gasteiger partial charge in [0.05, 0.1) is 9.21 Å². The minimum Gasteiger partial charge on any atom is -0.336 e. The number of carbonyl (C=O) groups is 1. The third-order valence-electron chi connectivity index (χ3n) is 4.44. The highest BCUT2D eigenvalue weighted by Crippen LogP contribution is 2.31. The highest BCUT2D eigenvalue weighted by molar-refractivity contribution is 7.19. The van der Waals surface area contributed by atoms with Crippen molar-refractivity contribution in [1.82, 2.24) is 19.6 Å². The lowest BCUT2D eigenvalue weighted by Crippen LogP contribution is -2.35. The van der Waals surface area contributed by atoms with Gasteiger partial charge in [-0.3, -0.25) is 9.48 Å². The van der Waals surface area contributed by atoms with Crippen molar-refractivity contribution in [1.29, 1.82) is 0 Å². The van der Waals surface area contributed by atoms with Crippen molar-refractivity contribution in [2.45, 2.75) is 32.4 Å². The number of rotatable bonds is 5. The second-order valence-corrected chi connectivity index (χ2v) is 8.11. The maximum atomic E-state index is 13.0. The summed E-state index contributed by atoms with van der Waals surface area (Å²) in [5.41, 5.74) is 1.50. The highest BCUT2D eigenvalue weighted by Gasteiger charge is 2.30. The van der Waals surface area contributed by atoms with Gasteiger partial charge in [-0.2, -0.15) is 5.10 Å². The molecule has 5 nitrogen and oxygen atoms in total. The van der Waals surface area contributed by atoms with E-state index in [1.165, 1.54) is 11.3 Å². The van der Waals surface area contributed by atoms with Crippen molar-refractivity contribution in [2.24, 2.45) is 0 Å². The fourth-order valence-electron chi connectivity index (χ4n) is 3.05. The van der Waals surface area contributed by atoms with Crippen LogP contribution in [0.15, 0.2) is 18.2 Å². The summed E-state index contributed by atoms with van der Waals surface area (Å²) in [4.78, 5) is 18.1. The maximum Gasteiger partial charge on any atom is 0.272 e. The summed E-state index contributed by atoms with van der Waals surface area (Å²) in [5, 5.41) is 4.64. The molecule has 0 spiro atoms. The largest absolute Gasteiger partial charge is 0.336 e. The van der Waals surface area contributed by atoms with Gasteiger partial charge in [0.2, 0.25) is 0 Å². The lowest BCUT2D eigenvalue weighted by molar-refractivity contribution is 0.0770. The molecule has 0 aromatic carbocycles. The van der Waals surface area contributed by atoms with Crippen molar-refractivity contribution in [3.63, 3.8) is 0 Å². The van der Waals surface area contributed by atoms with E-state index in [2.05, 4.69) is 31.0 Å². The fraction of sp³-hybridized carbons (Fsp3) is 0.529. The molecule has 24 heavy (non-hydrogen) atoms. The molecule has 0 saturated carbocycles. The van der Waals surface area contributed by atoms with Crippen molar-refractivity contribution < 1.29 is 4.79 Å². The van der Waals surface area contributed by atoms with E-state index in [1.807, 2.05) is 27.8 Å². The fourth-order valence-corrected chi connectivity index (χ4v) is 4.05. The number of likely N-dealkylation sites (N-methyl/N-ethyl adjacent to an activating group) is 1. The predicted octanol–water partition coefficient (Wildman–Crippen LogP) is 3.45. The van der Waals surface area contributed by atoms with Crippen LogP contribution in [0.1, 0.15) is 30.3 Å². The van der Waals surface area contributed by atoms with Crippen LogP contribution in [0.25, 0.3) is 10.6 Å². The Morgan fingerprint density at radius 2 is 2.25 bits per heavy atom. The summed E-state index contributed by atoms with van der Waals surface area (Å²) in [6, 6.07) is 6.16. The smallest absolute Gasteiger partial charge is 0.272 e. The van der Waals surface area contributed by atoms with Gasteiger partial charge in [0.25, 0.3) is 5.91 Å². The van der Waals surface area contributed by atoms with Gasteiger partial charge in [-0.05, 0) is 45.1 Å². The first-order valence-electron chi connectivity index (χ1n) is 8.29. The molecule has 2 aromatic rings. The SMILES string of the molecule is CCCn1nc(-c2ccc(Cl)s2)cc1C(=O)N1CCC(N(C)C)C1. The number of aromatic nitrogens is 2. The predicted molar refractivity (Wildman–Crippen MR) is 98.8 cm³/mol. The van der Waals surface area contributed by atoms with Crippen LogP contribution in [-0.2, 0) is 6.54 Å². The van der Waals surface area contributed by atoms with E-state index in [1.54, 1.807) is 0 Å². The summed E-state index contributed by atoms with van der Waals surface area (Å²) < 4.78 is 2.57. The van der Waals surface area contributed by atoms with Crippen LogP contribution >= 0.6 is 22.9 Å². The molecule has 0 radical (unpaired) electrons. The number of hydrogen-bond donors (Lipinski definition) is 0. The molecule has 1 amide bonds. The van der Waals surface area contributed by atoms with E-state index in [-0.39, 0.29) is 5.91 Å². The van der Waals surface area contributed by atoms with Crippen LogP contribution in [0.5, 0.6) is 0 Å². The first kappa shape index (κ1) is 17.5. The van der Waals surface area contributed by atoms with Gasteiger partial charge in [-0.25, -0.2) is 0 Å². The second-order valence-electron chi connectivity index (χ2n) is 6.40. The molecule has 1 atom stereocenters. The summed E-state index contributed by atoms with van der Waals surface area (Å²) in [6.45, 7) is 4.42. The van der Waals surface area contributed by atoms with Gasteiger partial charge < -0.3 is 9.80 Å². The van der Waals surface area contributed by atoms with Crippen molar-refractivity contribution in [3.05, 3.63) is 28.2 Å². The van der Waals surface area contributed by atoms with Crippen LogP contribution in [0.3, 0.4) is 0 Å². The topological polar surface area (TPSA) is 41.4 Å². The minimum absolute atomic E-state index is 0.0780. The highest BCUT2D eigenvalue weighted by atomic mass is 35.5. The zero-order valence-electron chi connectivity index (χ0n) is 14.3. The van der Waals surface area contributed by atoms with Gasteiger partial charge in [-0.1, -0.05) is 18.5 Å². The van der Waals surface area contributed by atoms with Crippen LogP contribution in [0.2, 0.25) is 4.34 Å². The van der Waals surface area contributed by atoms with Crippen molar-refractivity contribution >= 4 is 28.8 Å². The number of likely N-dealkylation sites (tertiary alicyclic amines) is 1. The Balaban J connectivity index is 1.86. The first-order valence-corrected chi connectivity index (χ1v) is 9.48. The number of thiophene rings is 1. The van der Waals surface area contributed by atoms with Gasteiger partial charge in [0.15, 0.2) is 0 Å². The van der Waals surface area contributed by atoms with Crippen molar-refractivity contribution in [3.8, 4) is 10.6 Å². The lowest BCUT2D eigenvalue weighted by Gasteiger charge is -2.20. The standard InChI is InChI=1S/C17H23ClN4OS/c1-4-8-22-14(10-13(19-22)15-5-6-16(18)24-15)17(23)21-9-7-12(11-21)20(2)3/h5-6,10,12H,4,7-9,11H2,1-3H3. The maximum absolute atomic E-state index is 13.0. The third kappa shape index (κ3) is 3.50. The zero-order valence-corrected chi connectivity index (χ0v) is 15.9. The molecule has 7 heteroatoms. The quantitative estimate of drug-likeness (QED) is 0.813. The van der Waals surface area contributed by atoms with Crippen LogP contribution in [0.4, 0.5) is 0 Å². The van der Waals surface area contributed by atoms with E-state index < -0.39 is 0 Å². The molecule has 0 N–H and O–H groups in total. The summed E-state index contributed by atoms with van der Waals surface area (Å²) in [5.74, 6) is 0.0780. The summed E-state index contributed by atoms with van der Waals surface area (Å²) in [7, 11) is 4.14. The molecule has 2 aromatic heterocycles. The molecule has 1 saturated heterocycles. The Labute approximate surface area is 151 Å². The summed E-state index contributed by atoms with van der Waals surface area (Å²) >= 11 is 7.52. The van der Waals surface area contributed by atoms with E-state index >= 15 is 0 Å². The molecule has 1 fully saturated rings. The Kier molecular flexibility index (Phi) is 5.27. The summed E-state index contributed by atoms with van der Waals surface area (Å²) in [6.07, 6.45) is 1.96. The lowest BCUT2D eigenvalue weighted by atomic mass is 10.2. The molecule has 0 bridgehead atoms. The number of amides is 1. The Morgan fingerprint density at radius 1 is 1.46 bits per heavy atom. The Hall–Kier alpha value is -1.37. The molecule has 1 unspecified atom stereocenters. The van der Waals surface area contributed by atoms with E-state index in [0.29, 0.717) is 11.7 Å². The third-order valence-corrected chi connectivity index (χ3v) is 5.69. The minimum atomic E-state index is 0.0780. The number of halogens is 1. The van der Waals surface area contributed by atoms with Crippen molar-refractivity contribution in [2.75, 3.05) is 27.2 Å². The molecule has 3 rings (SSSR count). The molecule has 3 heterocycles. The average Bonchev–Trinajstić information content (AvgIpc) is 3.25. The molecule has 0 aliphatic carbocycles. The molecule has 1 aliphatic heterocycles. The van der Waals surface area contributed by atoms with Gasteiger partial charge >= 0.3 is 0 Å². The average molecular weight is 367 g/mol. The normalized spacial score (nSPS) is 17.9. The van der Waals surface area contributed by atoms with Gasteiger partial charge in [-0.15, -0.1) is 11.3 Å². The van der Waals surface area contributed by atoms with E-state index in [0.717, 1.165) is 47.4 Å². The van der Waals surface area contributed by atoms with Crippen LogP contribution < -0.4 is 0 Å². The van der Waals surface area contributed by atoms with Crippen LogP contribution in [-0.4, -0.2) is 58.7 Å². The second kappa shape index (κ2) is 7.25. The number of hydrogen-bond acceptors (Lipinski definition) is 4. The zero-order chi connectivity index (χ0) is 17.3. The van der Waals surface area contributed by atoms with E-state index in [4.69, 9.17) is 11.6 Å². The number of aryl methyl sites for hydroxylation is 1. The number of nitrogens with zero attached hydrogens (tertiary/aromatic N) is 4. The van der Waals surface area contributed by atoms with Gasteiger partial charge in [0, 0.05) is 25.7 Å². The molecular formula is C17H23ClN4OS. The van der Waals surface area contributed by atoms with Crippen LogP contribution in [0, 0.1) is 0 Å².